The van der Waals surface area contributed by atoms with Gasteiger partial charge in [-0.2, -0.15) is 0 Å². The number of amides is 1. The zero-order valence-corrected chi connectivity index (χ0v) is 14.3. The van der Waals surface area contributed by atoms with Crippen LogP contribution in [0, 0.1) is 0 Å². The number of carbonyl (C=O) groups is 2. The second-order valence-corrected chi connectivity index (χ2v) is 5.99. The minimum absolute atomic E-state index is 0.0281. The van der Waals surface area contributed by atoms with Crippen molar-refractivity contribution >= 4 is 11.9 Å². The Morgan fingerprint density at radius 1 is 1.17 bits per heavy atom. The zero-order valence-electron chi connectivity index (χ0n) is 14.3. The molecule has 5 N–H and O–H groups in total. The molecule has 24 heavy (non-hydrogen) atoms. The lowest BCUT2D eigenvalue weighted by atomic mass is 10.0. The average molecular weight is 336 g/mol. The van der Waals surface area contributed by atoms with Crippen LogP contribution in [0.1, 0.15) is 61.4 Å². The molecule has 0 saturated carbocycles. The van der Waals surface area contributed by atoms with E-state index in [2.05, 4.69) is 12.2 Å². The van der Waals surface area contributed by atoms with Crippen molar-refractivity contribution in [2.45, 2.75) is 57.9 Å². The van der Waals surface area contributed by atoms with Crippen molar-refractivity contribution in [2.75, 3.05) is 6.54 Å². The van der Waals surface area contributed by atoms with E-state index in [0.29, 0.717) is 12.1 Å². The molecule has 0 saturated heterocycles. The summed E-state index contributed by atoms with van der Waals surface area (Å²) in [5.41, 5.74) is 5.99. The highest BCUT2D eigenvalue weighted by Gasteiger charge is 2.18. The largest absolute Gasteiger partial charge is 0.507 e. The monoisotopic (exact) mass is 336 g/mol. The molecule has 0 heterocycles. The van der Waals surface area contributed by atoms with Crippen LogP contribution in [0.3, 0.4) is 0 Å². The van der Waals surface area contributed by atoms with Gasteiger partial charge < -0.3 is 21.3 Å². The third kappa shape index (κ3) is 6.58. The molecular weight excluding hydrogens is 308 g/mol. The number of nitrogens with one attached hydrogen (secondary N) is 1. The Balaban J connectivity index is 2.51. The Morgan fingerprint density at radius 3 is 2.50 bits per heavy atom. The maximum absolute atomic E-state index is 12.2. The third-order valence-electron chi connectivity index (χ3n) is 3.94. The van der Waals surface area contributed by atoms with Gasteiger partial charge in [0.05, 0.1) is 5.56 Å². The van der Waals surface area contributed by atoms with Gasteiger partial charge in [-0.1, -0.05) is 51.2 Å². The van der Waals surface area contributed by atoms with Crippen LogP contribution in [-0.2, 0) is 11.2 Å². The molecule has 1 amide bonds. The van der Waals surface area contributed by atoms with E-state index >= 15 is 0 Å². The molecule has 6 nitrogen and oxygen atoms in total. The molecule has 1 atom stereocenters. The van der Waals surface area contributed by atoms with E-state index < -0.39 is 12.0 Å². The fraction of sp³-hybridized carbons (Fsp3) is 0.556. The van der Waals surface area contributed by atoms with Gasteiger partial charge in [-0.3, -0.25) is 9.59 Å². The van der Waals surface area contributed by atoms with Crippen LogP contribution in [0.5, 0.6) is 5.75 Å². The van der Waals surface area contributed by atoms with Crippen molar-refractivity contribution < 1.29 is 19.8 Å². The van der Waals surface area contributed by atoms with Crippen LogP contribution >= 0.6 is 0 Å². The highest BCUT2D eigenvalue weighted by atomic mass is 16.4. The lowest BCUT2D eigenvalue weighted by Gasteiger charge is -2.12. The lowest BCUT2D eigenvalue weighted by Crippen LogP contribution is -2.32. The Bertz CT molecular complexity index is 546. The van der Waals surface area contributed by atoms with Crippen molar-refractivity contribution in [1.29, 1.82) is 0 Å². The summed E-state index contributed by atoms with van der Waals surface area (Å²) in [6.45, 7) is 2.73. The van der Waals surface area contributed by atoms with E-state index in [1.165, 1.54) is 25.3 Å². The normalized spacial score (nSPS) is 11.9. The molecular formula is C18H28N2O4. The topological polar surface area (TPSA) is 113 Å². The maximum atomic E-state index is 12.2. The first-order valence-electron chi connectivity index (χ1n) is 8.54. The van der Waals surface area contributed by atoms with Gasteiger partial charge in [0.25, 0.3) is 5.91 Å². The fourth-order valence-corrected chi connectivity index (χ4v) is 2.47. The minimum atomic E-state index is -1.15. The number of aromatic hydroxyl groups is 1. The number of carboxylic acids is 1. The number of carboxylic acid groups (broad SMARTS) is 1. The second-order valence-electron chi connectivity index (χ2n) is 5.99. The molecule has 0 spiro atoms. The van der Waals surface area contributed by atoms with E-state index in [4.69, 9.17) is 10.8 Å². The number of hydrogen-bond donors (Lipinski definition) is 4. The summed E-state index contributed by atoms with van der Waals surface area (Å²) in [7, 11) is 0. The molecule has 0 radical (unpaired) electrons. The molecule has 1 rings (SSSR count). The number of aliphatic carboxylic acids is 1. The van der Waals surface area contributed by atoms with Gasteiger partial charge >= 0.3 is 5.97 Å². The summed E-state index contributed by atoms with van der Waals surface area (Å²) in [4.78, 5) is 23.0. The smallest absolute Gasteiger partial charge is 0.320 e. The van der Waals surface area contributed by atoms with E-state index in [0.717, 1.165) is 19.3 Å². The number of carbonyl (C=O) groups excluding carboxylic acids is 1. The van der Waals surface area contributed by atoms with Crippen molar-refractivity contribution in [1.82, 2.24) is 5.32 Å². The highest BCUT2D eigenvalue weighted by molar-refractivity contribution is 5.97. The molecule has 0 aromatic heterocycles. The summed E-state index contributed by atoms with van der Waals surface area (Å²) in [5.74, 6) is -1.70. The predicted octanol–water partition coefficient (Wildman–Crippen LogP) is 2.44. The van der Waals surface area contributed by atoms with Crippen molar-refractivity contribution in [2.24, 2.45) is 5.73 Å². The van der Waals surface area contributed by atoms with E-state index in [-0.39, 0.29) is 23.6 Å². The van der Waals surface area contributed by atoms with Crippen LogP contribution in [0.4, 0.5) is 0 Å². The number of benzene rings is 1. The van der Waals surface area contributed by atoms with Crippen LogP contribution < -0.4 is 11.1 Å². The van der Waals surface area contributed by atoms with Crippen LogP contribution in [-0.4, -0.2) is 34.7 Å². The first-order chi connectivity index (χ1) is 11.5. The molecule has 134 valence electrons. The number of rotatable bonds is 11. The van der Waals surface area contributed by atoms with Gasteiger partial charge in [0, 0.05) is 13.0 Å². The standard InChI is InChI=1S/C18H28N2O4/c1-2-3-4-5-6-7-11-20-17(22)14-10-8-9-13(16(14)21)12-15(19)18(23)24/h8-10,15,21H,2-7,11-12,19H2,1H3,(H,20,22)(H,23,24). The minimum Gasteiger partial charge on any atom is -0.507 e. The molecule has 0 bridgehead atoms. The van der Waals surface area contributed by atoms with Crippen LogP contribution in [0.25, 0.3) is 0 Å². The predicted molar refractivity (Wildman–Crippen MR) is 93.1 cm³/mol. The summed E-state index contributed by atoms with van der Waals surface area (Å²) < 4.78 is 0. The number of phenols is 1. The fourth-order valence-electron chi connectivity index (χ4n) is 2.47. The molecule has 6 heteroatoms. The van der Waals surface area contributed by atoms with Gasteiger partial charge in [0.15, 0.2) is 0 Å². The Morgan fingerprint density at radius 2 is 1.83 bits per heavy atom. The number of phenolic OH excluding ortho intramolecular Hbond substituents is 1. The van der Waals surface area contributed by atoms with Gasteiger partial charge in [-0.05, 0) is 18.1 Å². The van der Waals surface area contributed by atoms with Gasteiger partial charge in [0.2, 0.25) is 0 Å². The molecule has 0 aliphatic carbocycles. The quantitative estimate of drug-likeness (QED) is 0.464. The van der Waals surface area contributed by atoms with E-state index in [1.807, 2.05) is 0 Å². The summed E-state index contributed by atoms with van der Waals surface area (Å²) in [6, 6.07) is 3.59. The van der Waals surface area contributed by atoms with Crippen molar-refractivity contribution in [3.05, 3.63) is 29.3 Å². The van der Waals surface area contributed by atoms with Crippen LogP contribution in [0.2, 0.25) is 0 Å². The first kappa shape index (κ1) is 20.0. The number of nitrogens with two attached hydrogens (primary N) is 1. The second kappa shape index (κ2) is 10.6. The zero-order chi connectivity index (χ0) is 17.9. The SMILES string of the molecule is CCCCCCCCNC(=O)c1cccc(CC(N)C(=O)O)c1O. The highest BCUT2D eigenvalue weighted by Crippen LogP contribution is 2.23. The van der Waals surface area contributed by atoms with Crippen molar-refractivity contribution in [3.8, 4) is 5.75 Å². The molecule has 1 unspecified atom stereocenters. The molecule has 0 aliphatic rings. The third-order valence-corrected chi connectivity index (χ3v) is 3.94. The molecule has 0 fully saturated rings. The molecule has 0 aliphatic heterocycles. The van der Waals surface area contributed by atoms with Gasteiger partial charge in [-0.15, -0.1) is 0 Å². The Hall–Kier alpha value is -2.08. The maximum Gasteiger partial charge on any atom is 0.320 e. The van der Waals surface area contributed by atoms with Gasteiger partial charge in [-0.25, -0.2) is 0 Å². The van der Waals surface area contributed by atoms with E-state index in [9.17, 15) is 14.7 Å². The van der Waals surface area contributed by atoms with Crippen molar-refractivity contribution in [3.63, 3.8) is 0 Å². The number of unbranched alkanes of at least 4 members (excludes halogenated alkanes) is 5. The first-order valence-corrected chi connectivity index (χ1v) is 8.54. The number of para-hydroxylation sites is 1. The van der Waals surface area contributed by atoms with E-state index in [1.54, 1.807) is 12.1 Å². The Kier molecular flexibility index (Phi) is 8.86. The lowest BCUT2D eigenvalue weighted by molar-refractivity contribution is -0.138. The molecule has 1 aromatic carbocycles. The van der Waals surface area contributed by atoms with Gasteiger partial charge in [0.1, 0.15) is 11.8 Å². The molecule has 1 aromatic rings. The average Bonchev–Trinajstić information content (AvgIpc) is 2.55. The van der Waals surface area contributed by atoms with Crippen LogP contribution in [0.15, 0.2) is 18.2 Å². The number of hydrogen-bond acceptors (Lipinski definition) is 4. The summed E-state index contributed by atoms with van der Waals surface area (Å²) in [5, 5.41) is 21.8. The summed E-state index contributed by atoms with van der Waals surface area (Å²) >= 11 is 0. The Labute approximate surface area is 143 Å². The summed E-state index contributed by atoms with van der Waals surface area (Å²) in [6.07, 6.45) is 6.78.